The minimum Gasteiger partial charge on any atom is -0.298 e. The van der Waals surface area contributed by atoms with Gasteiger partial charge in [0, 0.05) is 17.5 Å². The lowest BCUT2D eigenvalue weighted by Crippen LogP contribution is -2.53. The van der Waals surface area contributed by atoms with Crippen LogP contribution in [0.15, 0.2) is 0 Å². The predicted octanol–water partition coefficient (Wildman–Crippen LogP) is 3.64. The molecular weight excluding hydrogens is 222 g/mol. The molecule has 2 nitrogen and oxygen atoms in total. The lowest BCUT2D eigenvalue weighted by atomic mass is 9.84. The standard InChI is InChI=1S/C16H29NO/c1-11(2)15(18)14-10-12-8-6-7-9-13(12)17(14)16(3,4)5/h11-14H,6-10H2,1-5H3/t12-,13-,14+/m1/s1. The first-order valence-corrected chi connectivity index (χ1v) is 7.64. The lowest BCUT2D eigenvalue weighted by molar-refractivity contribution is -0.128. The van der Waals surface area contributed by atoms with E-state index in [-0.39, 0.29) is 17.5 Å². The van der Waals surface area contributed by atoms with Crippen LogP contribution in [0.4, 0.5) is 0 Å². The highest BCUT2D eigenvalue weighted by Gasteiger charge is 2.48. The fourth-order valence-corrected chi connectivity index (χ4v) is 4.06. The number of likely N-dealkylation sites (tertiary alicyclic amines) is 1. The van der Waals surface area contributed by atoms with Gasteiger partial charge in [0.15, 0.2) is 5.78 Å². The van der Waals surface area contributed by atoms with Gasteiger partial charge in [0.1, 0.15) is 0 Å². The highest BCUT2D eigenvalue weighted by Crippen LogP contribution is 2.43. The maximum atomic E-state index is 12.5. The summed E-state index contributed by atoms with van der Waals surface area (Å²) in [6, 6.07) is 0.838. The Morgan fingerprint density at radius 1 is 1.17 bits per heavy atom. The summed E-state index contributed by atoms with van der Waals surface area (Å²) in [5.74, 6) is 1.39. The van der Waals surface area contributed by atoms with Gasteiger partial charge in [0.25, 0.3) is 0 Å². The number of Topliss-reactive ketones (excluding diaryl/α,β-unsaturated/α-hetero) is 1. The lowest BCUT2D eigenvalue weighted by Gasteiger charge is -2.43. The van der Waals surface area contributed by atoms with E-state index < -0.39 is 0 Å². The first-order chi connectivity index (χ1) is 8.32. The molecule has 2 aliphatic rings. The van der Waals surface area contributed by atoms with Crippen LogP contribution in [-0.4, -0.2) is 28.3 Å². The number of rotatable bonds is 2. The number of carbonyl (C=O) groups is 1. The van der Waals surface area contributed by atoms with Gasteiger partial charge in [-0.15, -0.1) is 0 Å². The van der Waals surface area contributed by atoms with Gasteiger partial charge in [-0.25, -0.2) is 0 Å². The van der Waals surface area contributed by atoms with Gasteiger partial charge in [0.2, 0.25) is 0 Å². The van der Waals surface area contributed by atoms with Crippen LogP contribution in [0.3, 0.4) is 0 Å². The minimum atomic E-state index is 0.117. The Kier molecular flexibility index (Phi) is 3.87. The van der Waals surface area contributed by atoms with Gasteiger partial charge >= 0.3 is 0 Å². The maximum absolute atomic E-state index is 12.5. The van der Waals surface area contributed by atoms with Crippen LogP contribution in [0.25, 0.3) is 0 Å². The molecule has 0 aromatic rings. The molecule has 0 radical (unpaired) electrons. The third kappa shape index (κ3) is 2.49. The van der Waals surface area contributed by atoms with Gasteiger partial charge in [-0.3, -0.25) is 9.69 Å². The van der Waals surface area contributed by atoms with Crippen molar-refractivity contribution in [2.45, 2.75) is 84.3 Å². The number of carbonyl (C=O) groups excluding carboxylic acids is 1. The highest BCUT2D eigenvalue weighted by atomic mass is 16.1. The molecule has 2 fully saturated rings. The van der Waals surface area contributed by atoms with E-state index in [1.807, 2.05) is 13.8 Å². The first kappa shape index (κ1) is 14.0. The Bertz CT molecular complexity index is 316. The van der Waals surface area contributed by atoms with Crippen LogP contribution >= 0.6 is 0 Å². The van der Waals surface area contributed by atoms with Crippen LogP contribution < -0.4 is 0 Å². The molecule has 1 aliphatic heterocycles. The van der Waals surface area contributed by atoms with Crippen molar-refractivity contribution in [1.29, 1.82) is 0 Å². The number of hydrogen-bond acceptors (Lipinski definition) is 2. The molecule has 1 heterocycles. The van der Waals surface area contributed by atoms with Crippen LogP contribution in [0.2, 0.25) is 0 Å². The molecule has 0 spiro atoms. The van der Waals surface area contributed by atoms with Crippen LogP contribution in [-0.2, 0) is 4.79 Å². The molecule has 0 amide bonds. The van der Waals surface area contributed by atoms with Crippen molar-refractivity contribution < 1.29 is 4.79 Å². The molecule has 0 aromatic carbocycles. The Labute approximate surface area is 112 Å². The second-order valence-electron chi connectivity index (χ2n) is 7.50. The number of ketones is 1. The summed E-state index contributed by atoms with van der Waals surface area (Å²) in [5.41, 5.74) is 0.117. The zero-order valence-corrected chi connectivity index (χ0v) is 12.7. The van der Waals surface area contributed by atoms with Crippen molar-refractivity contribution in [3.63, 3.8) is 0 Å². The van der Waals surface area contributed by atoms with Crippen LogP contribution in [0.1, 0.15) is 66.7 Å². The molecule has 104 valence electrons. The van der Waals surface area contributed by atoms with E-state index >= 15 is 0 Å². The van der Waals surface area contributed by atoms with Gasteiger partial charge in [-0.1, -0.05) is 26.7 Å². The van der Waals surface area contributed by atoms with E-state index in [0.29, 0.717) is 11.8 Å². The summed E-state index contributed by atoms with van der Waals surface area (Å²) < 4.78 is 0. The van der Waals surface area contributed by atoms with E-state index in [1.54, 1.807) is 0 Å². The van der Waals surface area contributed by atoms with Gasteiger partial charge in [-0.2, -0.15) is 0 Å². The number of nitrogens with zero attached hydrogens (tertiary/aromatic N) is 1. The Hall–Kier alpha value is -0.370. The van der Waals surface area contributed by atoms with E-state index in [9.17, 15) is 4.79 Å². The van der Waals surface area contributed by atoms with Crippen molar-refractivity contribution >= 4 is 5.78 Å². The van der Waals surface area contributed by atoms with E-state index in [0.717, 1.165) is 12.3 Å². The topological polar surface area (TPSA) is 20.3 Å². The number of fused-ring (bicyclic) bond motifs is 1. The van der Waals surface area contributed by atoms with Crippen molar-refractivity contribution in [2.75, 3.05) is 0 Å². The first-order valence-electron chi connectivity index (χ1n) is 7.64. The van der Waals surface area contributed by atoms with Crippen molar-refractivity contribution in [3.05, 3.63) is 0 Å². The largest absolute Gasteiger partial charge is 0.298 e. The zero-order valence-electron chi connectivity index (χ0n) is 12.7. The van der Waals surface area contributed by atoms with Crippen LogP contribution in [0.5, 0.6) is 0 Å². The van der Waals surface area contributed by atoms with Gasteiger partial charge in [-0.05, 0) is 46.0 Å². The molecule has 1 saturated carbocycles. The Balaban J connectivity index is 2.25. The summed E-state index contributed by atoms with van der Waals surface area (Å²) >= 11 is 0. The normalized spacial score (nSPS) is 33.8. The molecule has 0 N–H and O–H groups in total. The van der Waals surface area contributed by atoms with Crippen molar-refractivity contribution in [2.24, 2.45) is 11.8 Å². The quantitative estimate of drug-likeness (QED) is 0.747. The fourth-order valence-electron chi connectivity index (χ4n) is 4.06. The van der Waals surface area contributed by atoms with Crippen molar-refractivity contribution in [3.8, 4) is 0 Å². The van der Waals surface area contributed by atoms with E-state index in [2.05, 4.69) is 25.7 Å². The fraction of sp³-hybridized carbons (Fsp3) is 0.938. The molecule has 1 aliphatic carbocycles. The van der Waals surface area contributed by atoms with Gasteiger partial charge in [0.05, 0.1) is 6.04 Å². The average Bonchev–Trinajstić information content (AvgIpc) is 2.66. The Morgan fingerprint density at radius 2 is 1.78 bits per heavy atom. The third-order valence-electron chi connectivity index (χ3n) is 4.76. The second kappa shape index (κ2) is 4.96. The summed E-state index contributed by atoms with van der Waals surface area (Å²) in [6.45, 7) is 10.9. The maximum Gasteiger partial charge on any atom is 0.152 e. The summed E-state index contributed by atoms with van der Waals surface area (Å²) in [4.78, 5) is 15.1. The smallest absolute Gasteiger partial charge is 0.152 e. The van der Waals surface area contributed by atoms with E-state index in [1.165, 1.54) is 25.7 Å². The SMILES string of the molecule is CC(C)C(=O)[C@@H]1C[C@H]2CCCC[C@H]2N1C(C)(C)C. The molecular formula is C16H29NO. The monoisotopic (exact) mass is 251 g/mol. The summed E-state index contributed by atoms with van der Waals surface area (Å²) in [6.07, 6.45) is 6.44. The molecule has 0 aromatic heterocycles. The van der Waals surface area contributed by atoms with Crippen molar-refractivity contribution in [1.82, 2.24) is 4.90 Å². The predicted molar refractivity (Wildman–Crippen MR) is 75.6 cm³/mol. The molecule has 2 rings (SSSR count). The second-order valence-corrected chi connectivity index (χ2v) is 7.50. The molecule has 18 heavy (non-hydrogen) atoms. The highest BCUT2D eigenvalue weighted by molar-refractivity contribution is 5.86. The molecule has 2 heteroatoms. The summed E-state index contributed by atoms with van der Waals surface area (Å²) in [5, 5.41) is 0. The average molecular weight is 251 g/mol. The van der Waals surface area contributed by atoms with Gasteiger partial charge < -0.3 is 0 Å². The molecule has 0 bridgehead atoms. The summed E-state index contributed by atoms with van der Waals surface area (Å²) in [7, 11) is 0. The Morgan fingerprint density at radius 3 is 2.33 bits per heavy atom. The molecule has 3 atom stereocenters. The zero-order chi connectivity index (χ0) is 13.5. The minimum absolute atomic E-state index is 0.117. The molecule has 1 saturated heterocycles. The van der Waals surface area contributed by atoms with E-state index in [4.69, 9.17) is 0 Å². The van der Waals surface area contributed by atoms with Crippen LogP contribution in [0, 0.1) is 11.8 Å². The third-order valence-corrected chi connectivity index (χ3v) is 4.76. The molecule has 0 unspecified atom stereocenters. The number of hydrogen-bond donors (Lipinski definition) is 0.